The Labute approximate surface area is 127 Å². The van der Waals surface area contributed by atoms with Crippen LogP contribution in [0.1, 0.15) is 11.1 Å². The van der Waals surface area contributed by atoms with E-state index in [4.69, 9.17) is 15.2 Å². The van der Waals surface area contributed by atoms with Gasteiger partial charge < -0.3 is 15.2 Å². The highest BCUT2D eigenvalue weighted by Gasteiger charge is 2.00. The molecule has 0 unspecified atom stereocenters. The molecule has 0 saturated carbocycles. The molecule has 0 atom stereocenters. The second-order valence-corrected chi connectivity index (χ2v) is 5.26. The van der Waals surface area contributed by atoms with E-state index in [0.717, 1.165) is 21.3 Å². The number of halogens is 1. The van der Waals surface area contributed by atoms with Gasteiger partial charge in [0.2, 0.25) is 0 Å². The summed E-state index contributed by atoms with van der Waals surface area (Å²) in [5.74, 6) is 0.834. The molecule has 106 valence electrons. The van der Waals surface area contributed by atoms with E-state index < -0.39 is 0 Å². The van der Waals surface area contributed by atoms with E-state index in [2.05, 4.69) is 15.9 Å². The first-order valence-corrected chi connectivity index (χ1v) is 7.32. The van der Waals surface area contributed by atoms with Gasteiger partial charge in [0.15, 0.2) is 0 Å². The molecular formula is C16H18BrNO2. The second-order valence-electron chi connectivity index (χ2n) is 4.34. The molecule has 2 aromatic carbocycles. The van der Waals surface area contributed by atoms with Crippen LogP contribution in [0.3, 0.4) is 0 Å². The summed E-state index contributed by atoms with van der Waals surface area (Å²) in [5, 5.41) is 0. The number of ether oxygens (including phenoxy) is 2. The van der Waals surface area contributed by atoms with E-state index >= 15 is 0 Å². The van der Waals surface area contributed by atoms with Crippen molar-refractivity contribution in [2.45, 2.75) is 13.2 Å². The van der Waals surface area contributed by atoms with E-state index in [-0.39, 0.29) is 0 Å². The van der Waals surface area contributed by atoms with Gasteiger partial charge in [0.1, 0.15) is 12.4 Å². The molecule has 2 N–H and O–H groups in total. The van der Waals surface area contributed by atoms with Crippen molar-refractivity contribution < 1.29 is 9.47 Å². The molecule has 0 heterocycles. The molecule has 20 heavy (non-hydrogen) atoms. The van der Waals surface area contributed by atoms with Crippen LogP contribution in [0.4, 0.5) is 0 Å². The fourth-order valence-electron chi connectivity index (χ4n) is 1.84. The quantitative estimate of drug-likeness (QED) is 0.787. The Balaban J connectivity index is 1.71. The molecular weight excluding hydrogens is 318 g/mol. The van der Waals surface area contributed by atoms with Crippen LogP contribution in [0.15, 0.2) is 53.0 Å². The van der Waals surface area contributed by atoms with Gasteiger partial charge in [0.25, 0.3) is 0 Å². The third-order valence-corrected chi connectivity index (χ3v) is 3.33. The Hall–Kier alpha value is -1.36. The lowest BCUT2D eigenvalue weighted by Gasteiger charge is -2.10. The maximum absolute atomic E-state index is 5.68. The fourth-order valence-corrected chi connectivity index (χ4v) is 2.29. The molecule has 0 radical (unpaired) electrons. The number of para-hydroxylation sites is 1. The summed E-state index contributed by atoms with van der Waals surface area (Å²) < 4.78 is 12.3. The summed E-state index contributed by atoms with van der Waals surface area (Å²) in [5.41, 5.74) is 7.81. The minimum absolute atomic E-state index is 0.481. The molecule has 0 fully saturated rings. The van der Waals surface area contributed by atoms with Crippen LogP contribution in [0.2, 0.25) is 0 Å². The van der Waals surface area contributed by atoms with Crippen molar-refractivity contribution in [1.82, 2.24) is 0 Å². The zero-order chi connectivity index (χ0) is 14.2. The van der Waals surface area contributed by atoms with Crippen molar-refractivity contribution in [2.24, 2.45) is 5.73 Å². The molecule has 2 aromatic rings. The number of benzene rings is 2. The first-order chi connectivity index (χ1) is 9.79. The van der Waals surface area contributed by atoms with Gasteiger partial charge in [-0.1, -0.05) is 46.3 Å². The van der Waals surface area contributed by atoms with Crippen molar-refractivity contribution in [3.63, 3.8) is 0 Å². The Morgan fingerprint density at radius 2 is 1.85 bits per heavy atom. The van der Waals surface area contributed by atoms with Crippen molar-refractivity contribution in [2.75, 3.05) is 13.2 Å². The van der Waals surface area contributed by atoms with E-state index in [1.54, 1.807) is 0 Å². The smallest absolute Gasteiger partial charge is 0.123 e. The summed E-state index contributed by atoms with van der Waals surface area (Å²) in [4.78, 5) is 0. The molecule has 0 amide bonds. The Bertz CT molecular complexity index is 546. The molecule has 0 bridgehead atoms. The molecule has 2 rings (SSSR count). The molecule has 4 heteroatoms. The third kappa shape index (κ3) is 4.63. The zero-order valence-electron chi connectivity index (χ0n) is 11.2. The average Bonchev–Trinajstić information content (AvgIpc) is 2.47. The molecule has 0 aromatic heterocycles. The van der Waals surface area contributed by atoms with Crippen LogP contribution in [0.25, 0.3) is 0 Å². The van der Waals surface area contributed by atoms with Gasteiger partial charge in [-0.2, -0.15) is 0 Å². The van der Waals surface area contributed by atoms with Crippen molar-refractivity contribution in [3.8, 4) is 5.75 Å². The number of hydrogen-bond acceptors (Lipinski definition) is 3. The fraction of sp³-hybridized carbons (Fsp3) is 0.250. The van der Waals surface area contributed by atoms with Gasteiger partial charge in [-0.05, 0) is 23.8 Å². The SMILES string of the molecule is NCc1ccccc1OCCOCc1cccc(Br)c1. The topological polar surface area (TPSA) is 44.5 Å². The standard InChI is InChI=1S/C16H18BrNO2/c17-15-6-3-4-13(10-15)12-19-8-9-20-16-7-2-1-5-14(16)11-18/h1-7,10H,8-9,11-12,18H2. The van der Waals surface area contributed by atoms with Crippen LogP contribution >= 0.6 is 15.9 Å². The highest BCUT2D eigenvalue weighted by atomic mass is 79.9. The molecule has 0 saturated heterocycles. The second kappa shape index (κ2) is 8.04. The predicted octanol–water partition coefficient (Wildman–Crippen LogP) is 3.50. The summed E-state index contributed by atoms with van der Waals surface area (Å²) >= 11 is 3.44. The van der Waals surface area contributed by atoms with Crippen LogP contribution in [0, 0.1) is 0 Å². The van der Waals surface area contributed by atoms with Crippen molar-refractivity contribution in [3.05, 3.63) is 64.1 Å². The maximum atomic E-state index is 5.68. The van der Waals surface area contributed by atoms with Gasteiger partial charge >= 0.3 is 0 Å². The first kappa shape index (κ1) is 15.0. The maximum Gasteiger partial charge on any atom is 0.123 e. The number of nitrogens with two attached hydrogens (primary N) is 1. The summed E-state index contributed by atoms with van der Waals surface area (Å²) in [6, 6.07) is 15.9. The number of rotatable bonds is 7. The van der Waals surface area contributed by atoms with Gasteiger partial charge in [0.05, 0.1) is 13.2 Å². The minimum Gasteiger partial charge on any atom is -0.491 e. The summed E-state index contributed by atoms with van der Waals surface area (Å²) in [6.45, 7) is 2.13. The summed E-state index contributed by atoms with van der Waals surface area (Å²) in [7, 11) is 0. The van der Waals surface area contributed by atoms with Crippen LogP contribution in [-0.4, -0.2) is 13.2 Å². The Kier molecular flexibility index (Phi) is 6.05. The van der Waals surface area contributed by atoms with Crippen LogP contribution < -0.4 is 10.5 Å². The molecule has 0 aliphatic heterocycles. The predicted molar refractivity (Wildman–Crippen MR) is 83.6 cm³/mol. The van der Waals surface area contributed by atoms with Crippen LogP contribution in [0.5, 0.6) is 5.75 Å². The lowest BCUT2D eigenvalue weighted by molar-refractivity contribution is 0.0886. The van der Waals surface area contributed by atoms with Gasteiger partial charge in [-0.15, -0.1) is 0 Å². The highest BCUT2D eigenvalue weighted by molar-refractivity contribution is 9.10. The number of hydrogen-bond donors (Lipinski definition) is 1. The minimum atomic E-state index is 0.481. The van der Waals surface area contributed by atoms with Crippen LogP contribution in [-0.2, 0) is 17.9 Å². The largest absolute Gasteiger partial charge is 0.491 e. The van der Waals surface area contributed by atoms with Gasteiger partial charge in [0, 0.05) is 16.6 Å². The first-order valence-electron chi connectivity index (χ1n) is 6.52. The van der Waals surface area contributed by atoms with Crippen molar-refractivity contribution in [1.29, 1.82) is 0 Å². The molecule has 0 aliphatic carbocycles. The molecule has 3 nitrogen and oxygen atoms in total. The normalized spacial score (nSPS) is 10.5. The van der Waals surface area contributed by atoms with Gasteiger partial charge in [-0.3, -0.25) is 0 Å². The van der Waals surface area contributed by atoms with E-state index in [1.165, 1.54) is 0 Å². The Morgan fingerprint density at radius 3 is 2.65 bits per heavy atom. The lowest BCUT2D eigenvalue weighted by Crippen LogP contribution is -2.09. The zero-order valence-corrected chi connectivity index (χ0v) is 12.8. The monoisotopic (exact) mass is 335 g/mol. The molecule has 0 aliphatic rings. The van der Waals surface area contributed by atoms with Crippen molar-refractivity contribution >= 4 is 15.9 Å². The summed E-state index contributed by atoms with van der Waals surface area (Å²) in [6.07, 6.45) is 0. The Morgan fingerprint density at radius 1 is 1.00 bits per heavy atom. The van der Waals surface area contributed by atoms with E-state index in [9.17, 15) is 0 Å². The highest BCUT2D eigenvalue weighted by Crippen LogP contribution is 2.17. The third-order valence-electron chi connectivity index (χ3n) is 2.84. The average molecular weight is 336 g/mol. The molecule has 0 spiro atoms. The van der Waals surface area contributed by atoms with Gasteiger partial charge in [-0.25, -0.2) is 0 Å². The van der Waals surface area contributed by atoms with E-state index in [1.807, 2.05) is 48.5 Å². The van der Waals surface area contributed by atoms with E-state index in [0.29, 0.717) is 26.4 Å². The lowest BCUT2D eigenvalue weighted by atomic mass is 10.2.